The Labute approximate surface area is 216 Å². The Morgan fingerprint density at radius 2 is 1.56 bits per heavy atom. The third-order valence-corrected chi connectivity index (χ3v) is 6.43. The zero-order chi connectivity index (χ0) is 24.4. The quantitative estimate of drug-likeness (QED) is 0.286. The molecule has 0 radical (unpaired) electrons. The SMILES string of the molecule is Cc1nn(Cc2c(Cl)cccc2Cl)c(C)c1NC(=O)c1ccn(COc2c(Cl)cccc2Cl)n1. The molecule has 2 heterocycles. The van der Waals surface area contributed by atoms with E-state index in [2.05, 4.69) is 15.5 Å². The number of aromatic nitrogens is 4. The summed E-state index contributed by atoms with van der Waals surface area (Å²) in [5.74, 6) is -0.0272. The van der Waals surface area contributed by atoms with Crippen molar-refractivity contribution in [2.45, 2.75) is 27.1 Å². The molecule has 0 aliphatic heterocycles. The summed E-state index contributed by atoms with van der Waals surface area (Å²) in [7, 11) is 0. The van der Waals surface area contributed by atoms with Crippen LogP contribution in [0.4, 0.5) is 5.69 Å². The number of carbonyl (C=O) groups excluding carboxylic acids is 1. The van der Waals surface area contributed by atoms with Crippen LogP contribution >= 0.6 is 46.4 Å². The van der Waals surface area contributed by atoms with Crippen LogP contribution in [0.3, 0.4) is 0 Å². The monoisotopic (exact) mass is 537 g/mol. The van der Waals surface area contributed by atoms with Crippen molar-refractivity contribution >= 4 is 58.0 Å². The van der Waals surface area contributed by atoms with Gasteiger partial charge in [0.15, 0.2) is 18.2 Å². The van der Waals surface area contributed by atoms with Crippen LogP contribution in [0, 0.1) is 13.8 Å². The zero-order valence-electron chi connectivity index (χ0n) is 18.2. The van der Waals surface area contributed by atoms with Crippen molar-refractivity contribution in [3.63, 3.8) is 0 Å². The molecule has 0 spiro atoms. The molecule has 2 aromatic heterocycles. The van der Waals surface area contributed by atoms with Gasteiger partial charge >= 0.3 is 0 Å². The summed E-state index contributed by atoms with van der Waals surface area (Å²) in [4.78, 5) is 12.8. The number of carbonyl (C=O) groups is 1. The highest BCUT2D eigenvalue weighted by molar-refractivity contribution is 6.37. The number of nitrogens with zero attached hydrogens (tertiary/aromatic N) is 4. The first-order valence-electron chi connectivity index (χ1n) is 10.1. The Morgan fingerprint density at radius 1 is 0.941 bits per heavy atom. The molecule has 34 heavy (non-hydrogen) atoms. The van der Waals surface area contributed by atoms with Gasteiger partial charge in [0, 0.05) is 21.8 Å². The van der Waals surface area contributed by atoms with E-state index in [1.165, 1.54) is 4.68 Å². The second-order valence-electron chi connectivity index (χ2n) is 7.42. The maximum atomic E-state index is 12.8. The van der Waals surface area contributed by atoms with Gasteiger partial charge in [0.05, 0.1) is 33.7 Å². The highest BCUT2D eigenvalue weighted by Gasteiger charge is 2.18. The third kappa shape index (κ3) is 5.18. The maximum Gasteiger partial charge on any atom is 0.276 e. The summed E-state index contributed by atoms with van der Waals surface area (Å²) in [6, 6.07) is 12.0. The molecular formula is C23H19Cl4N5O2. The topological polar surface area (TPSA) is 74.0 Å². The van der Waals surface area contributed by atoms with Gasteiger partial charge in [-0.15, -0.1) is 0 Å². The summed E-state index contributed by atoms with van der Waals surface area (Å²) in [5.41, 5.74) is 2.99. The van der Waals surface area contributed by atoms with E-state index < -0.39 is 0 Å². The minimum Gasteiger partial charge on any atom is -0.468 e. The Bertz CT molecular complexity index is 1330. The first kappa shape index (κ1) is 24.4. The van der Waals surface area contributed by atoms with Gasteiger partial charge in [-0.25, -0.2) is 4.68 Å². The lowest BCUT2D eigenvalue weighted by molar-refractivity contribution is 0.102. The Balaban J connectivity index is 1.46. The van der Waals surface area contributed by atoms with Gasteiger partial charge in [-0.05, 0) is 44.2 Å². The molecule has 0 aliphatic carbocycles. The Kier molecular flexibility index (Phi) is 7.38. The first-order valence-corrected chi connectivity index (χ1v) is 11.6. The van der Waals surface area contributed by atoms with Crippen LogP contribution in [0.2, 0.25) is 20.1 Å². The van der Waals surface area contributed by atoms with Gasteiger partial charge in [0.2, 0.25) is 0 Å². The lowest BCUT2D eigenvalue weighted by Gasteiger charge is -2.10. The molecule has 0 aliphatic rings. The number of benzene rings is 2. The lowest BCUT2D eigenvalue weighted by Crippen LogP contribution is -2.15. The van der Waals surface area contributed by atoms with Crippen molar-refractivity contribution in [1.82, 2.24) is 19.6 Å². The molecule has 0 saturated heterocycles. The number of rotatable bonds is 7. The zero-order valence-corrected chi connectivity index (χ0v) is 21.2. The normalized spacial score (nSPS) is 11.0. The number of hydrogen-bond donors (Lipinski definition) is 1. The van der Waals surface area contributed by atoms with Crippen LogP contribution in [-0.2, 0) is 13.3 Å². The molecule has 2 aromatic carbocycles. The second kappa shape index (κ2) is 10.3. The van der Waals surface area contributed by atoms with E-state index in [0.717, 1.165) is 11.3 Å². The van der Waals surface area contributed by atoms with E-state index in [0.29, 0.717) is 43.8 Å². The fourth-order valence-electron chi connectivity index (χ4n) is 3.35. The smallest absolute Gasteiger partial charge is 0.276 e. The van der Waals surface area contributed by atoms with Crippen LogP contribution in [-0.4, -0.2) is 25.5 Å². The molecule has 176 valence electrons. The first-order chi connectivity index (χ1) is 16.2. The number of hydrogen-bond acceptors (Lipinski definition) is 4. The van der Waals surface area contributed by atoms with E-state index in [9.17, 15) is 4.79 Å². The van der Waals surface area contributed by atoms with Crippen molar-refractivity contribution < 1.29 is 9.53 Å². The summed E-state index contributed by atoms with van der Waals surface area (Å²) < 4.78 is 8.87. The largest absolute Gasteiger partial charge is 0.468 e. The summed E-state index contributed by atoms with van der Waals surface area (Å²) in [5, 5.41) is 13.6. The molecule has 0 fully saturated rings. The second-order valence-corrected chi connectivity index (χ2v) is 9.05. The molecule has 4 rings (SSSR count). The highest BCUT2D eigenvalue weighted by Crippen LogP contribution is 2.32. The van der Waals surface area contributed by atoms with E-state index in [-0.39, 0.29) is 18.3 Å². The molecule has 0 bridgehead atoms. The minimum absolute atomic E-state index is 0.0331. The fourth-order valence-corrected chi connectivity index (χ4v) is 4.37. The van der Waals surface area contributed by atoms with Gasteiger partial charge in [-0.2, -0.15) is 10.2 Å². The molecule has 0 saturated carbocycles. The lowest BCUT2D eigenvalue weighted by atomic mass is 10.2. The Morgan fingerprint density at radius 3 is 2.21 bits per heavy atom. The van der Waals surface area contributed by atoms with Crippen molar-refractivity contribution in [2.24, 2.45) is 0 Å². The summed E-state index contributed by atoms with van der Waals surface area (Å²) in [6.45, 7) is 4.08. The van der Waals surface area contributed by atoms with E-state index in [4.69, 9.17) is 51.1 Å². The molecule has 0 atom stereocenters. The maximum absolute atomic E-state index is 12.8. The number of nitrogens with one attached hydrogen (secondary N) is 1. The average Bonchev–Trinajstić information content (AvgIpc) is 3.36. The predicted octanol–water partition coefficient (Wildman–Crippen LogP) is 6.65. The van der Waals surface area contributed by atoms with E-state index >= 15 is 0 Å². The Hall–Kier alpha value is -2.71. The van der Waals surface area contributed by atoms with Crippen LogP contribution in [0.25, 0.3) is 0 Å². The van der Waals surface area contributed by atoms with Gasteiger partial charge in [-0.1, -0.05) is 58.5 Å². The predicted molar refractivity (Wildman–Crippen MR) is 135 cm³/mol. The molecular weight excluding hydrogens is 520 g/mol. The number of anilines is 1. The van der Waals surface area contributed by atoms with Gasteiger partial charge in [-0.3, -0.25) is 9.48 Å². The van der Waals surface area contributed by atoms with Crippen LogP contribution in [0.1, 0.15) is 27.4 Å². The van der Waals surface area contributed by atoms with E-state index in [1.54, 1.807) is 53.3 Å². The number of aryl methyl sites for hydroxylation is 1. The van der Waals surface area contributed by atoms with Crippen molar-refractivity contribution in [2.75, 3.05) is 5.32 Å². The number of ether oxygens (including phenoxy) is 1. The summed E-state index contributed by atoms with van der Waals surface area (Å²) in [6.07, 6.45) is 1.63. The molecule has 11 heteroatoms. The number of halogens is 4. The standard InChI is InChI=1S/C23H19Cl4N5O2/c1-13-21(14(2)32(29-13)11-15-16(24)5-3-6-17(15)25)28-23(33)20-9-10-31(30-20)12-34-22-18(26)7-4-8-19(22)27/h3-10H,11-12H2,1-2H3,(H,28,33). The molecule has 7 nitrogen and oxygen atoms in total. The van der Waals surface area contributed by atoms with Gasteiger partial charge in [0.25, 0.3) is 5.91 Å². The highest BCUT2D eigenvalue weighted by atomic mass is 35.5. The van der Waals surface area contributed by atoms with Crippen LogP contribution < -0.4 is 10.1 Å². The van der Waals surface area contributed by atoms with Crippen molar-refractivity contribution in [3.8, 4) is 5.75 Å². The van der Waals surface area contributed by atoms with Crippen LogP contribution in [0.5, 0.6) is 5.75 Å². The molecule has 0 unspecified atom stereocenters. The number of para-hydroxylation sites is 1. The van der Waals surface area contributed by atoms with Crippen molar-refractivity contribution in [1.29, 1.82) is 0 Å². The van der Waals surface area contributed by atoms with Gasteiger partial charge in [0.1, 0.15) is 0 Å². The molecule has 1 amide bonds. The van der Waals surface area contributed by atoms with E-state index in [1.807, 2.05) is 13.8 Å². The summed E-state index contributed by atoms with van der Waals surface area (Å²) >= 11 is 24.8. The van der Waals surface area contributed by atoms with Crippen LogP contribution in [0.15, 0.2) is 48.7 Å². The molecule has 4 aromatic rings. The van der Waals surface area contributed by atoms with Crippen molar-refractivity contribution in [3.05, 3.63) is 91.4 Å². The fraction of sp³-hybridized carbons (Fsp3) is 0.174. The average molecular weight is 539 g/mol. The molecule has 1 N–H and O–H groups in total. The number of amides is 1. The third-order valence-electron chi connectivity index (χ3n) is 5.12. The van der Waals surface area contributed by atoms with Gasteiger partial charge < -0.3 is 10.1 Å². The minimum atomic E-state index is -0.379.